The molecule has 4 rings (SSSR count). The minimum Gasteiger partial charge on any atom is -0.441 e. The zero-order chi connectivity index (χ0) is 28.3. The Balaban J connectivity index is 1.46. The smallest absolute Gasteiger partial charge is 0.433 e. The number of rotatable bonds is 6. The van der Waals surface area contributed by atoms with Crippen molar-refractivity contribution in [3.63, 3.8) is 0 Å². The minimum absolute atomic E-state index is 0.0153. The first-order valence-corrected chi connectivity index (χ1v) is 10.9. The van der Waals surface area contributed by atoms with Crippen molar-refractivity contribution < 1.29 is 36.3 Å². The first kappa shape index (κ1) is 27.0. The molecule has 4 heterocycles. The van der Waals surface area contributed by atoms with Crippen LogP contribution in [-0.4, -0.2) is 41.9 Å². The maximum atomic E-state index is 13.9. The molecule has 0 fully saturated rings. The molecule has 0 saturated heterocycles. The molecule has 202 valence electrons. The Bertz CT molecular complexity index is 1530. The van der Waals surface area contributed by atoms with Crippen LogP contribution in [0, 0.1) is 11.8 Å². The SMILES string of the molecule is C[C@@H](OC(=O)Nc1c(-c2ccc(C(=O)Nc3ccnc(C(F)(F)F)c3)cn2)nnn1C)c1cc(F)cnc1F. The van der Waals surface area contributed by atoms with E-state index in [2.05, 4.69) is 35.9 Å². The Labute approximate surface area is 216 Å². The van der Waals surface area contributed by atoms with Crippen LogP contribution in [0.15, 0.2) is 48.9 Å². The van der Waals surface area contributed by atoms with Crippen molar-refractivity contribution in [3.8, 4) is 11.4 Å². The number of aromatic nitrogens is 6. The third-order valence-corrected chi connectivity index (χ3v) is 5.18. The molecule has 0 radical (unpaired) electrons. The molecule has 0 aromatic carbocycles. The number of amides is 2. The topological polar surface area (TPSA) is 137 Å². The van der Waals surface area contributed by atoms with Gasteiger partial charge in [-0.15, -0.1) is 5.10 Å². The molecule has 0 bridgehead atoms. The lowest BCUT2D eigenvalue weighted by molar-refractivity contribution is -0.141. The molecule has 16 heteroatoms. The highest BCUT2D eigenvalue weighted by atomic mass is 19.4. The number of nitrogens with zero attached hydrogens (tertiary/aromatic N) is 6. The maximum absolute atomic E-state index is 13.9. The van der Waals surface area contributed by atoms with Crippen molar-refractivity contribution in [1.29, 1.82) is 0 Å². The number of ether oxygens (including phenoxy) is 1. The highest BCUT2D eigenvalue weighted by molar-refractivity contribution is 6.04. The van der Waals surface area contributed by atoms with Gasteiger partial charge in [-0.05, 0) is 37.3 Å². The standard InChI is InChI=1S/C23H17F5N8O3/c1-11(15-7-13(24)10-31-19(15)25)39-22(38)33-20-18(34-35-36(20)2)16-4-3-12(9-30-16)21(37)32-14-5-6-29-17(8-14)23(26,27)28/h3-11H,1-2H3,(H,33,38)(H,29,32,37)/t11-/m1/s1. The molecule has 0 aliphatic rings. The molecule has 1 atom stereocenters. The maximum Gasteiger partial charge on any atom is 0.433 e. The van der Waals surface area contributed by atoms with E-state index in [1.54, 1.807) is 0 Å². The molecule has 2 N–H and O–H groups in total. The lowest BCUT2D eigenvalue weighted by atomic mass is 10.2. The molecule has 0 unspecified atom stereocenters. The van der Waals surface area contributed by atoms with Gasteiger partial charge in [0.15, 0.2) is 11.5 Å². The van der Waals surface area contributed by atoms with E-state index in [0.717, 1.165) is 18.5 Å². The number of hydrogen-bond acceptors (Lipinski definition) is 8. The lowest BCUT2D eigenvalue weighted by Crippen LogP contribution is -2.19. The summed E-state index contributed by atoms with van der Waals surface area (Å²) in [6, 6.07) is 5.45. The van der Waals surface area contributed by atoms with Crippen LogP contribution >= 0.6 is 0 Å². The number of alkyl halides is 3. The van der Waals surface area contributed by atoms with Gasteiger partial charge in [-0.1, -0.05) is 5.21 Å². The molecule has 0 aliphatic carbocycles. The zero-order valence-corrected chi connectivity index (χ0v) is 20.0. The Morgan fingerprint density at radius 2 is 1.79 bits per heavy atom. The van der Waals surface area contributed by atoms with Crippen molar-refractivity contribution in [2.24, 2.45) is 7.05 Å². The third kappa shape index (κ3) is 6.28. The number of carbonyl (C=O) groups excluding carboxylic acids is 2. The zero-order valence-electron chi connectivity index (χ0n) is 20.0. The Hall–Kier alpha value is -5.02. The number of nitrogens with one attached hydrogen (secondary N) is 2. The summed E-state index contributed by atoms with van der Waals surface area (Å²) in [5.41, 5.74) is -1.29. The van der Waals surface area contributed by atoms with Crippen molar-refractivity contribution in [2.45, 2.75) is 19.2 Å². The van der Waals surface area contributed by atoms with E-state index in [0.29, 0.717) is 12.3 Å². The minimum atomic E-state index is -4.68. The van der Waals surface area contributed by atoms with Crippen molar-refractivity contribution in [1.82, 2.24) is 29.9 Å². The van der Waals surface area contributed by atoms with Crippen LogP contribution in [-0.2, 0) is 18.0 Å². The normalized spacial score (nSPS) is 12.1. The van der Waals surface area contributed by atoms with Crippen LogP contribution in [0.25, 0.3) is 11.4 Å². The summed E-state index contributed by atoms with van der Waals surface area (Å²) < 4.78 is 72.2. The van der Waals surface area contributed by atoms with Crippen molar-refractivity contribution >= 4 is 23.5 Å². The largest absolute Gasteiger partial charge is 0.441 e. The van der Waals surface area contributed by atoms with Gasteiger partial charge < -0.3 is 10.1 Å². The van der Waals surface area contributed by atoms with E-state index in [1.807, 2.05) is 0 Å². The lowest BCUT2D eigenvalue weighted by Gasteiger charge is -2.15. The van der Waals surface area contributed by atoms with E-state index in [1.165, 1.54) is 36.9 Å². The van der Waals surface area contributed by atoms with Crippen LogP contribution in [0.4, 0.5) is 38.3 Å². The molecule has 0 saturated carbocycles. The highest BCUT2D eigenvalue weighted by Crippen LogP contribution is 2.29. The fraction of sp³-hybridized carbons (Fsp3) is 0.174. The number of pyridine rings is 3. The quantitative estimate of drug-likeness (QED) is 0.265. The molecule has 2 amide bonds. The molecule has 0 spiro atoms. The average molecular weight is 548 g/mol. The second-order valence-corrected chi connectivity index (χ2v) is 7.93. The summed E-state index contributed by atoms with van der Waals surface area (Å²) in [6.07, 6.45) is -4.16. The summed E-state index contributed by atoms with van der Waals surface area (Å²) in [5, 5.41) is 12.5. The monoisotopic (exact) mass is 548 g/mol. The molecule has 4 aromatic rings. The Kier molecular flexibility index (Phi) is 7.46. The van der Waals surface area contributed by atoms with Gasteiger partial charge in [0.25, 0.3) is 5.91 Å². The molecule has 11 nitrogen and oxygen atoms in total. The van der Waals surface area contributed by atoms with Gasteiger partial charge in [-0.3, -0.25) is 20.1 Å². The Morgan fingerprint density at radius 3 is 2.49 bits per heavy atom. The Morgan fingerprint density at radius 1 is 1.03 bits per heavy atom. The van der Waals surface area contributed by atoms with Crippen LogP contribution in [0.5, 0.6) is 0 Å². The summed E-state index contributed by atoms with van der Waals surface area (Å²) >= 11 is 0. The summed E-state index contributed by atoms with van der Waals surface area (Å²) in [6.45, 7) is 1.32. The second-order valence-electron chi connectivity index (χ2n) is 7.93. The number of aryl methyl sites for hydroxylation is 1. The fourth-order valence-corrected chi connectivity index (χ4v) is 3.28. The van der Waals surface area contributed by atoms with Crippen molar-refractivity contribution in [3.05, 3.63) is 77.5 Å². The van der Waals surface area contributed by atoms with E-state index in [4.69, 9.17) is 4.74 Å². The van der Waals surface area contributed by atoms with E-state index >= 15 is 0 Å². The number of halogens is 5. The first-order valence-electron chi connectivity index (χ1n) is 10.9. The van der Waals surface area contributed by atoms with Gasteiger partial charge in [0.1, 0.15) is 17.6 Å². The van der Waals surface area contributed by atoms with Gasteiger partial charge in [0.05, 0.1) is 23.0 Å². The highest BCUT2D eigenvalue weighted by Gasteiger charge is 2.32. The van der Waals surface area contributed by atoms with Crippen LogP contribution in [0.3, 0.4) is 0 Å². The molecule has 0 aliphatic heterocycles. The first-order chi connectivity index (χ1) is 18.4. The number of carbonyl (C=O) groups is 2. The van der Waals surface area contributed by atoms with Gasteiger partial charge >= 0.3 is 12.3 Å². The van der Waals surface area contributed by atoms with Crippen LogP contribution in [0.2, 0.25) is 0 Å². The molecule has 39 heavy (non-hydrogen) atoms. The van der Waals surface area contributed by atoms with Gasteiger partial charge in [-0.2, -0.15) is 17.6 Å². The second kappa shape index (κ2) is 10.8. The van der Waals surface area contributed by atoms with Crippen LogP contribution in [0.1, 0.15) is 34.6 Å². The fourth-order valence-electron chi connectivity index (χ4n) is 3.28. The number of hydrogen-bond donors (Lipinski definition) is 2. The third-order valence-electron chi connectivity index (χ3n) is 5.18. The molecule has 4 aromatic heterocycles. The summed E-state index contributed by atoms with van der Waals surface area (Å²) in [7, 11) is 1.46. The van der Waals surface area contributed by atoms with Crippen LogP contribution < -0.4 is 10.6 Å². The van der Waals surface area contributed by atoms with Gasteiger partial charge in [-0.25, -0.2) is 18.9 Å². The van der Waals surface area contributed by atoms with Gasteiger partial charge in [0.2, 0.25) is 5.95 Å². The van der Waals surface area contributed by atoms with E-state index in [-0.39, 0.29) is 34.0 Å². The predicted octanol–water partition coefficient (Wildman–Crippen LogP) is 4.53. The van der Waals surface area contributed by atoms with E-state index < -0.39 is 41.7 Å². The summed E-state index contributed by atoms with van der Waals surface area (Å²) in [5.74, 6) is -2.51. The average Bonchev–Trinajstić information content (AvgIpc) is 3.24. The van der Waals surface area contributed by atoms with E-state index in [9.17, 15) is 31.5 Å². The predicted molar refractivity (Wildman–Crippen MR) is 124 cm³/mol. The number of anilines is 2. The molecular weight excluding hydrogens is 531 g/mol. The van der Waals surface area contributed by atoms with Crippen molar-refractivity contribution in [2.75, 3.05) is 10.6 Å². The summed E-state index contributed by atoms with van der Waals surface area (Å²) in [4.78, 5) is 35.5. The molecular formula is C23H17F5N8O3. The van der Waals surface area contributed by atoms with Gasteiger partial charge in [0, 0.05) is 25.1 Å².